The summed E-state index contributed by atoms with van der Waals surface area (Å²) >= 11 is 1.06. The normalized spacial score (nSPS) is 10.6. The van der Waals surface area contributed by atoms with Crippen LogP contribution in [0.5, 0.6) is 0 Å². The molecule has 0 atom stereocenters. The van der Waals surface area contributed by atoms with Crippen LogP contribution in [-0.2, 0) is 9.59 Å². The summed E-state index contributed by atoms with van der Waals surface area (Å²) in [4.78, 5) is 25.4. The van der Waals surface area contributed by atoms with Crippen LogP contribution in [0, 0.1) is 5.82 Å². The molecule has 3 aromatic rings. The van der Waals surface area contributed by atoms with Crippen molar-refractivity contribution in [3.63, 3.8) is 0 Å². The number of likely N-dealkylation sites (N-methyl/N-ethyl adjacent to an activating group) is 1. The van der Waals surface area contributed by atoms with E-state index in [-0.39, 0.29) is 35.2 Å². The van der Waals surface area contributed by atoms with Gasteiger partial charge in [-0.25, -0.2) is 4.39 Å². The summed E-state index contributed by atoms with van der Waals surface area (Å²) in [6, 6.07) is 8.74. The van der Waals surface area contributed by atoms with E-state index in [0.29, 0.717) is 11.4 Å². The molecule has 0 aliphatic heterocycles. The Kier molecular flexibility index (Phi) is 5.87. The van der Waals surface area contributed by atoms with E-state index < -0.39 is 5.82 Å². The number of carbonyl (C=O) groups excluding carboxylic acids is 2. The zero-order chi connectivity index (χ0) is 19.2. The van der Waals surface area contributed by atoms with Crippen molar-refractivity contribution >= 4 is 29.3 Å². The maximum atomic E-state index is 12.9. The number of aromatic nitrogens is 2. The molecule has 0 spiro atoms. The molecule has 2 heterocycles. The van der Waals surface area contributed by atoms with E-state index in [1.807, 2.05) is 0 Å². The van der Waals surface area contributed by atoms with Gasteiger partial charge < -0.3 is 19.1 Å². The number of nitrogens with one attached hydrogen (secondary N) is 1. The van der Waals surface area contributed by atoms with Crippen LogP contribution in [0.4, 0.5) is 10.1 Å². The van der Waals surface area contributed by atoms with Gasteiger partial charge in [-0.2, -0.15) is 0 Å². The van der Waals surface area contributed by atoms with Gasteiger partial charge >= 0.3 is 0 Å². The molecule has 0 aliphatic rings. The van der Waals surface area contributed by atoms with Gasteiger partial charge in [0.05, 0.1) is 18.6 Å². The van der Waals surface area contributed by atoms with Gasteiger partial charge in [-0.05, 0) is 36.4 Å². The van der Waals surface area contributed by atoms with E-state index in [2.05, 4.69) is 15.5 Å². The van der Waals surface area contributed by atoms with Crippen LogP contribution in [0.3, 0.4) is 0 Å². The Hall–Kier alpha value is -3.14. The number of hydrogen-bond acceptors (Lipinski definition) is 7. The second-order valence-electron chi connectivity index (χ2n) is 5.44. The van der Waals surface area contributed by atoms with Crippen molar-refractivity contribution in [2.75, 3.05) is 24.7 Å². The molecule has 0 saturated carbocycles. The lowest BCUT2D eigenvalue weighted by Gasteiger charge is -2.16. The van der Waals surface area contributed by atoms with Crippen molar-refractivity contribution in [3.8, 4) is 11.7 Å². The Bertz CT molecular complexity index is 911. The number of amides is 2. The van der Waals surface area contributed by atoms with Crippen molar-refractivity contribution in [2.24, 2.45) is 0 Å². The molecule has 0 saturated heterocycles. The highest BCUT2D eigenvalue weighted by atomic mass is 32.2. The fourth-order valence-corrected chi connectivity index (χ4v) is 2.74. The van der Waals surface area contributed by atoms with E-state index in [9.17, 15) is 14.0 Å². The minimum atomic E-state index is -0.395. The van der Waals surface area contributed by atoms with E-state index >= 15 is 0 Å². The van der Waals surface area contributed by atoms with Gasteiger partial charge in [0.15, 0.2) is 5.76 Å². The Morgan fingerprint density at radius 3 is 2.70 bits per heavy atom. The number of benzene rings is 1. The fraction of sp³-hybridized carbons (Fsp3) is 0.176. The quantitative estimate of drug-likeness (QED) is 0.619. The van der Waals surface area contributed by atoms with Crippen LogP contribution in [-0.4, -0.2) is 46.3 Å². The third-order valence-electron chi connectivity index (χ3n) is 3.39. The first kappa shape index (κ1) is 18.6. The summed E-state index contributed by atoms with van der Waals surface area (Å²) in [6.45, 7) is -0.141. The van der Waals surface area contributed by atoms with Crippen molar-refractivity contribution in [3.05, 3.63) is 48.5 Å². The molecule has 3 rings (SSSR count). The number of nitrogens with zero attached hydrogens (tertiary/aromatic N) is 3. The first-order valence-electron chi connectivity index (χ1n) is 7.81. The monoisotopic (exact) mass is 390 g/mol. The SMILES string of the molecule is CN(CC(=O)Nc1ccc(F)cc1)C(=O)CSc1nnc(-c2ccco2)o1. The molecule has 27 heavy (non-hydrogen) atoms. The molecule has 0 bridgehead atoms. The third-order valence-corrected chi connectivity index (χ3v) is 4.20. The number of halogens is 1. The minimum absolute atomic E-state index is 0.0279. The van der Waals surface area contributed by atoms with Gasteiger partial charge in [-0.1, -0.05) is 11.8 Å². The van der Waals surface area contributed by atoms with E-state index in [1.54, 1.807) is 12.1 Å². The first-order chi connectivity index (χ1) is 13.0. The maximum Gasteiger partial charge on any atom is 0.284 e. The highest BCUT2D eigenvalue weighted by molar-refractivity contribution is 7.99. The van der Waals surface area contributed by atoms with Crippen molar-refractivity contribution in [2.45, 2.75) is 5.22 Å². The molecular weight excluding hydrogens is 375 g/mol. The Labute approximate surface area is 157 Å². The van der Waals surface area contributed by atoms with Crippen LogP contribution in [0.25, 0.3) is 11.7 Å². The largest absolute Gasteiger partial charge is 0.459 e. The first-order valence-corrected chi connectivity index (χ1v) is 8.79. The van der Waals surface area contributed by atoms with Gasteiger partial charge in [-0.3, -0.25) is 9.59 Å². The molecule has 0 radical (unpaired) electrons. The second kappa shape index (κ2) is 8.49. The topological polar surface area (TPSA) is 101 Å². The zero-order valence-corrected chi connectivity index (χ0v) is 15.0. The average molecular weight is 390 g/mol. The molecule has 0 unspecified atom stereocenters. The predicted octanol–water partition coefficient (Wildman–Crippen LogP) is 2.66. The standard InChI is InChI=1S/C17H15FN4O4S/c1-22(9-14(23)19-12-6-4-11(18)5-7-12)15(24)10-27-17-21-20-16(26-17)13-3-2-8-25-13/h2-8H,9-10H2,1H3,(H,19,23). The number of rotatable bonds is 7. The highest BCUT2D eigenvalue weighted by Gasteiger charge is 2.16. The highest BCUT2D eigenvalue weighted by Crippen LogP contribution is 2.23. The van der Waals surface area contributed by atoms with Gasteiger partial charge in [0.2, 0.25) is 11.8 Å². The number of furan rings is 1. The molecule has 2 aromatic heterocycles. The predicted molar refractivity (Wildman–Crippen MR) is 95.4 cm³/mol. The number of hydrogen-bond donors (Lipinski definition) is 1. The minimum Gasteiger partial charge on any atom is -0.459 e. The van der Waals surface area contributed by atoms with E-state index in [4.69, 9.17) is 8.83 Å². The van der Waals surface area contributed by atoms with Gasteiger partial charge in [0.1, 0.15) is 5.82 Å². The van der Waals surface area contributed by atoms with Crippen molar-refractivity contribution in [1.82, 2.24) is 15.1 Å². The lowest BCUT2D eigenvalue weighted by molar-refractivity contribution is -0.131. The maximum absolute atomic E-state index is 12.9. The van der Waals surface area contributed by atoms with E-state index in [0.717, 1.165) is 11.8 Å². The molecule has 8 nitrogen and oxygen atoms in total. The molecule has 140 valence electrons. The lowest BCUT2D eigenvalue weighted by Crippen LogP contribution is -2.35. The summed E-state index contributed by atoms with van der Waals surface area (Å²) in [5.41, 5.74) is 0.452. The van der Waals surface area contributed by atoms with Crippen molar-refractivity contribution in [1.29, 1.82) is 0 Å². The molecule has 10 heteroatoms. The van der Waals surface area contributed by atoms with Crippen LogP contribution < -0.4 is 5.32 Å². The Morgan fingerprint density at radius 2 is 2.00 bits per heavy atom. The Morgan fingerprint density at radius 1 is 1.22 bits per heavy atom. The number of anilines is 1. The average Bonchev–Trinajstić information content (AvgIpc) is 3.33. The number of thioether (sulfide) groups is 1. The van der Waals surface area contributed by atoms with Gasteiger partial charge in [-0.15, -0.1) is 10.2 Å². The summed E-state index contributed by atoms with van der Waals surface area (Å²) in [5, 5.41) is 10.5. The molecular formula is C17H15FN4O4S. The van der Waals surface area contributed by atoms with Crippen LogP contribution in [0.2, 0.25) is 0 Å². The summed E-state index contributed by atoms with van der Waals surface area (Å²) < 4.78 is 23.4. The Balaban J connectivity index is 1.46. The van der Waals surface area contributed by atoms with Gasteiger partial charge in [0, 0.05) is 12.7 Å². The van der Waals surface area contributed by atoms with Crippen LogP contribution in [0.15, 0.2) is 56.7 Å². The summed E-state index contributed by atoms with van der Waals surface area (Å²) in [6.07, 6.45) is 1.49. The van der Waals surface area contributed by atoms with E-state index in [1.165, 1.54) is 42.5 Å². The third kappa shape index (κ3) is 5.17. The zero-order valence-electron chi connectivity index (χ0n) is 14.2. The molecule has 0 fully saturated rings. The molecule has 1 aromatic carbocycles. The van der Waals surface area contributed by atoms with Crippen LogP contribution >= 0.6 is 11.8 Å². The number of carbonyl (C=O) groups is 2. The lowest BCUT2D eigenvalue weighted by atomic mass is 10.3. The summed E-state index contributed by atoms with van der Waals surface area (Å²) in [5.74, 6) is -0.377. The van der Waals surface area contributed by atoms with Gasteiger partial charge in [0.25, 0.3) is 11.1 Å². The molecule has 2 amide bonds. The second-order valence-corrected chi connectivity index (χ2v) is 6.37. The van der Waals surface area contributed by atoms with Crippen LogP contribution in [0.1, 0.15) is 0 Å². The molecule has 1 N–H and O–H groups in total. The summed E-state index contributed by atoms with van der Waals surface area (Å²) in [7, 11) is 1.51. The molecule has 0 aliphatic carbocycles. The fourth-order valence-electron chi connectivity index (χ4n) is 2.04. The van der Waals surface area contributed by atoms with Crippen molar-refractivity contribution < 1.29 is 22.8 Å². The smallest absolute Gasteiger partial charge is 0.284 e.